The van der Waals surface area contributed by atoms with E-state index in [2.05, 4.69) is 10.6 Å². The van der Waals surface area contributed by atoms with Gasteiger partial charge in [-0.1, -0.05) is 26.8 Å². The third-order valence-electron chi connectivity index (χ3n) is 2.72. The molecule has 0 fully saturated rings. The van der Waals surface area contributed by atoms with Gasteiger partial charge < -0.3 is 15.7 Å². The van der Waals surface area contributed by atoms with Crippen molar-refractivity contribution in [2.24, 2.45) is 5.41 Å². The molecule has 5 nitrogen and oxygen atoms in total. The lowest BCUT2D eigenvalue weighted by Crippen LogP contribution is -2.50. The molecule has 110 valence electrons. The highest BCUT2D eigenvalue weighted by Gasteiger charge is 2.32. The summed E-state index contributed by atoms with van der Waals surface area (Å²) in [6.45, 7) is 5.29. The van der Waals surface area contributed by atoms with Crippen molar-refractivity contribution >= 4 is 29.4 Å². The van der Waals surface area contributed by atoms with Crippen LogP contribution in [0, 0.1) is 5.41 Å². The largest absolute Gasteiger partial charge is 0.480 e. The highest BCUT2D eigenvalue weighted by molar-refractivity contribution is 7.98. The lowest BCUT2D eigenvalue weighted by Gasteiger charge is -2.27. The first kappa shape index (κ1) is 16.4. The van der Waals surface area contributed by atoms with Crippen molar-refractivity contribution in [3.05, 3.63) is 24.3 Å². The lowest BCUT2D eigenvalue weighted by molar-refractivity contribution is -0.141. The Bertz CT molecular complexity index is 497. The summed E-state index contributed by atoms with van der Waals surface area (Å²) in [5, 5.41) is 14.3. The van der Waals surface area contributed by atoms with Crippen molar-refractivity contribution < 1.29 is 14.7 Å². The highest BCUT2D eigenvalue weighted by atomic mass is 32.2. The highest BCUT2D eigenvalue weighted by Crippen LogP contribution is 2.21. The molecule has 0 aliphatic carbocycles. The molecule has 6 heteroatoms. The first-order chi connectivity index (χ1) is 9.24. The Morgan fingerprint density at radius 2 is 1.95 bits per heavy atom. The molecule has 0 heterocycles. The number of amides is 2. The van der Waals surface area contributed by atoms with Crippen molar-refractivity contribution in [1.82, 2.24) is 5.32 Å². The van der Waals surface area contributed by atoms with Gasteiger partial charge in [0.05, 0.1) is 0 Å². The lowest BCUT2D eigenvalue weighted by atomic mass is 9.87. The number of benzene rings is 1. The van der Waals surface area contributed by atoms with Crippen LogP contribution in [-0.4, -0.2) is 29.4 Å². The van der Waals surface area contributed by atoms with Crippen LogP contribution in [0.4, 0.5) is 10.5 Å². The molecule has 0 spiro atoms. The Morgan fingerprint density at radius 1 is 1.30 bits per heavy atom. The number of carboxylic acid groups (broad SMARTS) is 1. The van der Waals surface area contributed by atoms with Gasteiger partial charge in [0.25, 0.3) is 0 Å². The fraction of sp³-hybridized carbons (Fsp3) is 0.429. The zero-order valence-electron chi connectivity index (χ0n) is 12.1. The summed E-state index contributed by atoms with van der Waals surface area (Å²) in [7, 11) is 0. The molecule has 0 unspecified atom stereocenters. The molecule has 0 saturated carbocycles. The van der Waals surface area contributed by atoms with Crippen LogP contribution in [0.25, 0.3) is 0 Å². The van der Waals surface area contributed by atoms with Gasteiger partial charge in [0.1, 0.15) is 6.04 Å². The molecule has 1 aromatic carbocycles. The number of aliphatic carboxylic acids is 1. The van der Waals surface area contributed by atoms with Crippen LogP contribution in [0.15, 0.2) is 29.2 Å². The van der Waals surface area contributed by atoms with E-state index in [-0.39, 0.29) is 0 Å². The summed E-state index contributed by atoms with van der Waals surface area (Å²) in [5.74, 6) is -1.05. The van der Waals surface area contributed by atoms with E-state index >= 15 is 0 Å². The zero-order valence-corrected chi connectivity index (χ0v) is 12.9. The number of carboxylic acids is 1. The third kappa shape index (κ3) is 4.77. The summed E-state index contributed by atoms with van der Waals surface area (Å²) < 4.78 is 0. The molecule has 0 aliphatic rings. The van der Waals surface area contributed by atoms with Gasteiger partial charge in [-0.25, -0.2) is 9.59 Å². The second-order valence-corrected chi connectivity index (χ2v) is 6.35. The Kier molecular flexibility index (Phi) is 5.44. The molecule has 20 heavy (non-hydrogen) atoms. The first-order valence-electron chi connectivity index (χ1n) is 6.18. The number of urea groups is 1. The molecule has 1 aromatic rings. The van der Waals surface area contributed by atoms with Crippen LogP contribution in [0.3, 0.4) is 0 Å². The Labute approximate surface area is 123 Å². The average molecular weight is 296 g/mol. The molecule has 2 amide bonds. The van der Waals surface area contributed by atoms with E-state index in [1.807, 2.05) is 24.5 Å². The zero-order chi connectivity index (χ0) is 15.3. The van der Waals surface area contributed by atoms with Gasteiger partial charge in [-0.15, -0.1) is 11.8 Å². The van der Waals surface area contributed by atoms with E-state index in [0.29, 0.717) is 5.69 Å². The van der Waals surface area contributed by atoms with Gasteiger partial charge in [0, 0.05) is 10.6 Å². The van der Waals surface area contributed by atoms with Crippen molar-refractivity contribution in [1.29, 1.82) is 0 Å². The van der Waals surface area contributed by atoms with E-state index in [4.69, 9.17) is 5.11 Å². The minimum absolute atomic E-state index is 0.523. The second-order valence-electron chi connectivity index (χ2n) is 5.47. The van der Waals surface area contributed by atoms with E-state index < -0.39 is 23.5 Å². The van der Waals surface area contributed by atoms with E-state index in [1.165, 1.54) is 0 Å². The summed E-state index contributed by atoms with van der Waals surface area (Å²) in [4.78, 5) is 24.1. The molecular formula is C14H20N2O3S. The third-order valence-corrected chi connectivity index (χ3v) is 3.44. The topological polar surface area (TPSA) is 78.4 Å². The van der Waals surface area contributed by atoms with Crippen molar-refractivity contribution in [2.45, 2.75) is 31.7 Å². The SMILES string of the molecule is CSc1cccc(NC(=O)N[C@H](C(=O)O)C(C)(C)C)c1. The summed E-state index contributed by atoms with van der Waals surface area (Å²) in [5.41, 5.74) is 0.0667. The van der Waals surface area contributed by atoms with Crippen LogP contribution in [0.2, 0.25) is 0 Å². The molecule has 0 aromatic heterocycles. The Morgan fingerprint density at radius 3 is 2.45 bits per heavy atom. The minimum atomic E-state index is -1.05. The van der Waals surface area contributed by atoms with Crippen molar-refractivity contribution in [2.75, 3.05) is 11.6 Å². The number of thioether (sulfide) groups is 1. The minimum Gasteiger partial charge on any atom is -0.480 e. The van der Waals surface area contributed by atoms with Crippen molar-refractivity contribution in [3.63, 3.8) is 0 Å². The molecule has 1 atom stereocenters. The monoisotopic (exact) mass is 296 g/mol. The number of anilines is 1. The van der Waals surface area contributed by atoms with Crippen molar-refractivity contribution in [3.8, 4) is 0 Å². The van der Waals surface area contributed by atoms with Crippen LogP contribution in [0.1, 0.15) is 20.8 Å². The van der Waals surface area contributed by atoms with Gasteiger partial charge in [0.15, 0.2) is 0 Å². The first-order valence-corrected chi connectivity index (χ1v) is 7.41. The average Bonchev–Trinajstić information content (AvgIpc) is 2.34. The van der Waals surface area contributed by atoms with Gasteiger partial charge in [-0.05, 0) is 29.9 Å². The number of hydrogen-bond donors (Lipinski definition) is 3. The Balaban J connectivity index is 2.73. The molecule has 0 aliphatic heterocycles. The molecule has 3 N–H and O–H groups in total. The predicted octanol–water partition coefficient (Wildman–Crippen LogP) is 3.03. The van der Waals surface area contributed by atoms with E-state index in [0.717, 1.165) is 4.90 Å². The van der Waals surface area contributed by atoms with Gasteiger partial charge in [0.2, 0.25) is 0 Å². The van der Waals surface area contributed by atoms with Crippen LogP contribution >= 0.6 is 11.8 Å². The fourth-order valence-corrected chi connectivity index (χ4v) is 2.11. The predicted molar refractivity (Wildman–Crippen MR) is 81.3 cm³/mol. The maximum atomic E-state index is 11.9. The van der Waals surface area contributed by atoms with Crippen LogP contribution in [0.5, 0.6) is 0 Å². The molecule has 0 radical (unpaired) electrons. The standard InChI is InChI=1S/C14H20N2O3S/c1-14(2,3)11(12(17)18)16-13(19)15-9-6-5-7-10(8-9)20-4/h5-8,11H,1-4H3,(H,17,18)(H2,15,16,19)/t11-/m1/s1. The number of carbonyl (C=O) groups is 2. The number of rotatable bonds is 4. The Hall–Kier alpha value is -1.69. The maximum absolute atomic E-state index is 11.9. The number of carbonyl (C=O) groups excluding carboxylic acids is 1. The van der Waals surface area contributed by atoms with Crippen LogP contribution in [-0.2, 0) is 4.79 Å². The van der Waals surface area contributed by atoms with E-state index in [1.54, 1.807) is 38.6 Å². The molecule has 0 saturated heterocycles. The quantitative estimate of drug-likeness (QED) is 0.746. The molecular weight excluding hydrogens is 276 g/mol. The van der Waals surface area contributed by atoms with E-state index in [9.17, 15) is 9.59 Å². The van der Waals surface area contributed by atoms with Gasteiger partial charge in [-0.2, -0.15) is 0 Å². The fourth-order valence-electron chi connectivity index (χ4n) is 1.65. The number of nitrogens with one attached hydrogen (secondary N) is 2. The normalized spacial score (nSPS) is 12.6. The smallest absolute Gasteiger partial charge is 0.326 e. The number of hydrogen-bond acceptors (Lipinski definition) is 3. The van der Waals surface area contributed by atoms with Crippen LogP contribution < -0.4 is 10.6 Å². The second kappa shape index (κ2) is 6.65. The summed E-state index contributed by atoms with van der Waals surface area (Å²) in [6.07, 6.45) is 1.94. The maximum Gasteiger partial charge on any atom is 0.326 e. The summed E-state index contributed by atoms with van der Waals surface area (Å²) in [6, 6.07) is 5.88. The summed E-state index contributed by atoms with van der Waals surface area (Å²) >= 11 is 1.57. The molecule has 1 rings (SSSR count). The van der Waals surface area contributed by atoms with Gasteiger partial charge in [-0.3, -0.25) is 0 Å². The van der Waals surface area contributed by atoms with Gasteiger partial charge >= 0.3 is 12.0 Å². The molecule has 0 bridgehead atoms.